The lowest BCUT2D eigenvalue weighted by molar-refractivity contribution is 0.242. The molecule has 0 bridgehead atoms. The molecule has 0 amide bonds. The second-order valence-electron chi connectivity index (χ2n) is 6.49. The Labute approximate surface area is 162 Å². The van der Waals surface area contributed by atoms with Gasteiger partial charge in [0.15, 0.2) is 5.82 Å². The van der Waals surface area contributed by atoms with Crippen LogP contribution >= 0.6 is 0 Å². The van der Waals surface area contributed by atoms with Crippen LogP contribution in [0.15, 0.2) is 67.0 Å². The van der Waals surface area contributed by atoms with E-state index in [1.807, 2.05) is 68.4 Å². The topological polar surface area (TPSA) is 84.9 Å². The summed E-state index contributed by atoms with van der Waals surface area (Å²) in [5, 5.41) is 15.6. The van der Waals surface area contributed by atoms with Crippen LogP contribution < -0.4 is 15.4 Å². The third kappa shape index (κ3) is 4.15. The van der Waals surface area contributed by atoms with Gasteiger partial charge in [0.1, 0.15) is 5.75 Å². The zero-order valence-electron chi connectivity index (χ0n) is 15.6. The summed E-state index contributed by atoms with van der Waals surface area (Å²) in [5.41, 5.74) is 2.58. The van der Waals surface area contributed by atoms with Gasteiger partial charge in [-0.3, -0.25) is 4.98 Å². The minimum absolute atomic E-state index is 0.137. The maximum atomic E-state index is 5.65. The predicted molar refractivity (Wildman–Crippen MR) is 110 cm³/mol. The lowest BCUT2D eigenvalue weighted by Gasteiger charge is -2.11. The zero-order chi connectivity index (χ0) is 19.3. The first-order valence-corrected chi connectivity index (χ1v) is 9.01. The van der Waals surface area contributed by atoms with Crippen molar-refractivity contribution in [1.29, 1.82) is 0 Å². The minimum Gasteiger partial charge on any atom is -0.491 e. The summed E-state index contributed by atoms with van der Waals surface area (Å²) in [6.45, 7) is 3.99. The summed E-state index contributed by atoms with van der Waals surface area (Å²) in [4.78, 5) is 8.93. The number of para-hydroxylation sites is 1. The molecule has 140 valence electrons. The second kappa shape index (κ2) is 7.87. The van der Waals surface area contributed by atoms with E-state index >= 15 is 0 Å². The monoisotopic (exact) mass is 372 g/mol. The van der Waals surface area contributed by atoms with Crippen LogP contribution in [0.5, 0.6) is 5.75 Å². The van der Waals surface area contributed by atoms with Crippen LogP contribution in [0.25, 0.3) is 10.9 Å². The molecular weight excluding hydrogens is 352 g/mol. The van der Waals surface area contributed by atoms with Gasteiger partial charge in [-0.1, -0.05) is 18.2 Å². The zero-order valence-corrected chi connectivity index (χ0v) is 15.6. The molecule has 0 aliphatic heterocycles. The lowest BCUT2D eigenvalue weighted by atomic mass is 10.2. The van der Waals surface area contributed by atoms with Crippen molar-refractivity contribution in [3.8, 4) is 5.75 Å². The summed E-state index contributed by atoms with van der Waals surface area (Å²) < 4.78 is 5.65. The number of fused-ring (bicyclic) bond motifs is 1. The van der Waals surface area contributed by atoms with Crippen molar-refractivity contribution >= 4 is 34.0 Å². The largest absolute Gasteiger partial charge is 0.491 e. The molecule has 4 aromatic rings. The Kier molecular flexibility index (Phi) is 4.97. The number of hydrogen-bond acceptors (Lipinski definition) is 7. The van der Waals surface area contributed by atoms with Crippen molar-refractivity contribution in [1.82, 2.24) is 20.2 Å². The molecule has 0 aliphatic carbocycles. The standard InChI is InChI=1S/C21H20N6O/c1-14(2)28-17-10-8-16(9-11-17)24-21-26-19(13-23-27-21)25-18-7-3-5-15-6-4-12-22-20(15)18/h3-14H,1-2H3,(H2,24,25,26,27). The number of hydrogen-bond donors (Lipinski definition) is 2. The summed E-state index contributed by atoms with van der Waals surface area (Å²) >= 11 is 0. The Bertz CT molecular complexity index is 1080. The number of nitrogens with one attached hydrogen (secondary N) is 2. The van der Waals surface area contributed by atoms with Gasteiger partial charge in [-0.25, -0.2) is 0 Å². The Balaban J connectivity index is 1.51. The third-order valence-corrected chi connectivity index (χ3v) is 3.94. The summed E-state index contributed by atoms with van der Waals surface area (Å²) in [7, 11) is 0. The fourth-order valence-electron chi connectivity index (χ4n) is 2.78. The van der Waals surface area contributed by atoms with Crippen molar-refractivity contribution in [3.05, 3.63) is 67.0 Å². The van der Waals surface area contributed by atoms with Gasteiger partial charge in [0, 0.05) is 17.3 Å². The quantitative estimate of drug-likeness (QED) is 0.508. The molecule has 7 nitrogen and oxygen atoms in total. The van der Waals surface area contributed by atoms with Crippen LogP contribution in [0, 0.1) is 0 Å². The van der Waals surface area contributed by atoms with Crippen molar-refractivity contribution in [2.75, 3.05) is 10.6 Å². The van der Waals surface area contributed by atoms with Gasteiger partial charge in [0.05, 0.1) is 23.5 Å². The molecule has 0 aliphatic rings. The van der Waals surface area contributed by atoms with Gasteiger partial charge < -0.3 is 15.4 Å². The molecule has 2 aromatic heterocycles. The molecule has 28 heavy (non-hydrogen) atoms. The molecule has 7 heteroatoms. The number of anilines is 4. The fourth-order valence-corrected chi connectivity index (χ4v) is 2.78. The first kappa shape index (κ1) is 17.7. The molecule has 2 heterocycles. The average Bonchev–Trinajstić information content (AvgIpc) is 2.70. The molecule has 2 N–H and O–H groups in total. The Hall–Kier alpha value is -3.74. The van der Waals surface area contributed by atoms with Gasteiger partial charge in [0.2, 0.25) is 5.95 Å². The van der Waals surface area contributed by atoms with Crippen LogP contribution in [-0.4, -0.2) is 26.3 Å². The van der Waals surface area contributed by atoms with Crippen LogP contribution in [-0.2, 0) is 0 Å². The Morgan fingerprint density at radius 1 is 0.929 bits per heavy atom. The van der Waals surface area contributed by atoms with Gasteiger partial charge in [0.25, 0.3) is 0 Å². The SMILES string of the molecule is CC(C)Oc1ccc(Nc2nncc(Nc3cccc4cccnc34)n2)cc1. The van der Waals surface area contributed by atoms with Gasteiger partial charge in [-0.15, -0.1) is 5.10 Å². The second-order valence-corrected chi connectivity index (χ2v) is 6.49. The van der Waals surface area contributed by atoms with Gasteiger partial charge in [-0.2, -0.15) is 10.1 Å². The van der Waals surface area contributed by atoms with E-state index in [-0.39, 0.29) is 6.10 Å². The fraction of sp³-hybridized carbons (Fsp3) is 0.143. The van der Waals surface area contributed by atoms with Crippen molar-refractivity contribution in [3.63, 3.8) is 0 Å². The first-order chi connectivity index (χ1) is 13.7. The average molecular weight is 372 g/mol. The first-order valence-electron chi connectivity index (χ1n) is 9.01. The number of nitrogens with zero attached hydrogens (tertiary/aromatic N) is 4. The van der Waals surface area contributed by atoms with Crippen molar-refractivity contribution in [2.24, 2.45) is 0 Å². The lowest BCUT2D eigenvalue weighted by Crippen LogP contribution is -2.05. The maximum Gasteiger partial charge on any atom is 0.249 e. The molecule has 0 atom stereocenters. The highest BCUT2D eigenvalue weighted by Crippen LogP contribution is 2.24. The number of rotatable bonds is 6. The van der Waals surface area contributed by atoms with E-state index in [4.69, 9.17) is 4.74 Å². The molecule has 0 fully saturated rings. The van der Waals surface area contributed by atoms with E-state index in [1.54, 1.807) is 12.4 Å². The molecular formula is C21H20N6O. The maximum absolute atomic E-state index is 5.65. The smallest absolute Gasteiger partial charge is 0.249 e. The Morgan fingerprint density at radius 3 is 2.57 bits per heavy atom. The normalized spacial score (nSPS) is 10.8. The number of ether oxygens (including phenoxy) is 1. The summed E-state index contributed by atoms with van der Waals surface area (Å²) in [6, 6.07) is 17.5. The van der Waals surface area contributed by atoms with Crippen molar-refractivity contribution < 1.29 is 4.74 Å². The van der Waals surface area contributed by atoms with E-state index in [0.29, 0.717) is 11.8 Å². The number of benzene rings is 2. The molecule has 0 saturated heterocycles. The van der Waals surface area contributed by atoms with E-state index in [1.165, 1.54) is 0 Å². The van der Waals surface area contributed by atoms with Crippen LogP contribution in [0.2, 0.25) is 0 Å². The predicted octanol–water partition coefficient (Wildman–Crippen LogP) is 4.69. The van der Waals surface area contributed by atoms with E-state index < -0.39 is 0 Å². The highest BCUT2D eigenvalue weighted by atomic mass is 16.5. The third-order valence-electron chi connectivity index (χ3n) is 3.94. The molecule has 0 saturated carbocycles. The summed E-state index contributed by atoms with van der Waals surface area (Å²) in [5.74, 6) is 1.80. The van der Waals surface area contributed by atoms with Crippen molar-refractivity contribution in [2.45, 2.75) is 20.0 Å². The molecule has 0 unspecified atom stereocenters. The van der Waals surface area contributed by atoms with E-state index in [2.05, 4.69) is 30.8 Å². The molecule has 2 aromatic carbocycles. The molecule has 4 rings (SSSR count). The highest BCUT2D eigenvalue weighted by Gasteiger charge is 2.06. The van der Waals surface area contributed by atoms with Crippen LogP contribution in [0.4, 0.5) is 23.1 Å². The summed E-state index contributed by atoms with van der Waals surface area (Å²) in [6.07, 6.45) is 3.48. The van der Waals surface area contributed by atoms with Crippen LogP contribution in [0.3, 0.4) is 0 Å². The molecule has 0 radical (unpaired) electrons. The molecule has 0 spiro atoms. The van der Waals surface area contributed by atoms with Gasteiger partial charge in [-0.05, 0) is 50.2 Å². The van der Waals surface area contributed by atoms with Crippen LogP contribution in [0.1, 0.15) is 13.8 Å². The van der Waals surface area contributed by atoms with E-state index in [9.17, 15) is 0 Å². The number of pyridine rings is 1. The van der Waals surface area contributed by atoms with Gasteiger partial charge >= 0.3 is 0 Å². The Morgan fingerprint density at radius 2 is 1.75 bits per heavy atom. The minimum atomic E-state index is 0.137. The number of aromatic nitrogens is 4. The highest BCUT2D eigenvalue weighted by molar-refractivity contribution is 5.91. The van der Waals surface area contributed by atoms with E-state index in [0.717, 1.165) is 28.0 Å².